The van der Waals surface area contributed by atoms with Crippen LogP contribution in [0.15, 0.2) is 18.3 Å². The van der Waals surface area contributed by atoms with Gasteiger partial charge in [-0.05, 0) is 12.1 Å². The number of halogens is 1. The first-order chi connectivity index (χ1) is 7.59. The summed E-state index contributed by atoms with van der Waals surface area (Å²) in [6, 6.07) is 2.78. The van der Waals surface area contributed by atoms with Gasteiger partial charge in [0.25, 0.3) is 5.91 Å². The van der Waals surface area contributed by atoms with E-state index in [0.29, 0.717) is 0 Å². The summed E-state index contributed by atoms with van der Waals surface area (Å²) in [6.45, 7) is 0.0165. The molecule has 1 aliphatic heterocycles. The van der Waals surface area contributed by atoms with Crippen LogP contribution in [0.5, 0.6) is 0 Å². The van der Waals surface area contributed by atoms with E-state index in [1.165, 1.54) is 23.2 Å². The molecular formula is C10H11FN2O3. The smallest absolute Gasteiger partial charge is 0.258 e. The summed E-state index contributed by atoms with van der Waals surface area (Å²) in [6.07, 6.45) is -0.688. The normalized spacial score (nSPS) is 24.8. The van der Waals surface area contributed by atoms with Crippen molar-refractivity contribution in [3.63, 3.8) is 0 Å². The van der Waals surface area contributed by atoms with Crippen LogP contribution >= 0.6 is 0 Å². The fraction of sp³-hybridized carbons (Fsp3) is 0.400. The first-order valence-electron chi connectivity index (χ1n) is 4.85. The minimum Gasteiger partial charge on any atom is -0.388 e. The maximum absolute atomic E-state index is 13.2. The van der Waals surface area contributed by atoms with Gasteiger partial charge in [-0.15, -0.1) is 0 Å². The molecule has 1 fully saturated rings. The van der Waals surface area contributed by atoms with Crippen molar-refractivity contribution in [2.24, 2.45) is 0 Å². The van der Waals surface area contributed by atoms with Crippen LogP contribution in [0.25, 0.3) is 0 Å². The lowest BCUT2D eigenvalue weighted by Crippen LogP contribution is -2.30. The van der Waals surface area contributed by atoms with Crippen molar-refractivity contribution < 1.29 is 19.4 Å². The summed E-state index contributed by atoms with van der Waals surface area (Å²) < 4.78 is 13.2. The van der Waals surface area contributed by atoms with Crippen molar-refractivity contribution in [1.29, 1.82) is 0 Å². The van der Waals surface area contributed by atoms with E-state index in [4.69, 9.17) is 0 Å². The van der Waals surface area contributed by atoms with Gasteiger partial charge >= 0.3 is 0 Å². The number of carbonyl (C=O) groups is 1. The summed E-state index contributed by atoms with van der Waals surface area (Å²) in [7, 11) is 0. The highest BCUT2D eigenvalue weighted by Gasteiger charge is 2.33. The summed E-state index contributed by atoms with van der Waals surface area (Å²) in [5.74, 6) is -1.41. The zero-order chi connectivity index (χ0) is 11.7. The Morgan fingerprint density at radius 2 is 2.06 bits per heavy atom. The van der Waals surface area contributed by atoms with E-state index in [9.17, 15) is 19.4 Å². The first kappa shape index (κ1) is 11.0. The summed E-state index contributed by atoms with van der Waals surface area (Å²) in [5, 5.41) is 18.6. The Kier molecular flexibility index (Phi) is 2.84. The fourth-order valence-corrected chi connectivity index (χ4v) is 1.65. The second kappa shape index (κ2) is 4.15. The minimum absolute atomic E-state index is 0.00827. The Labute approximate surface area is 91.1 Å². The van der Waals surface area contributed by atoms with Crippen LogP contribution in [0.1, 0.15) is 10.4 Å². The van der Waals surface area contributed by atoms with Crippen molar-refractivity contribution in [2.75, 3.05) is 13.1 Å². The number of β-amino-alcohol motifs (C(OH)–C–C–N with tert-alkyl or cyclic N) is 2. The van der Waals surface area contributed by atoms with E-state index in [0.717, 1.165) is 0 Å². The number of pyridine rings is 1. The molecule has 0 radical (unpaired) electrons. The molecule has 1 aliphatic rings. The number of carbonyl (C=O) groups excluding carboxylic acids is 1. The fourth-order valence-electron chi connectivity index (χ4n) is 1.65. The molecule has 0 spiro atoms. The van der Waals surface area contributed by atoms with Crippen LogP contribution in [0.4, 0.5) is 4.39 Å². The highest BCUT2D eigenvalue weighted by molar-refractivity contribution is 5.94. The lowest BCUT2D eigenvalue weighted by Gasteiger charge is -2.15. The van der Waals surface area contributed by atoms with Gasteiger partial charge < -0.3 is 15.1 Å². The van der Waals surface area contributed by atoms with E-state index in [1.807, 2.05) is 0 Å². The van der Waals surface area contributed by atoms with Crippen molar-refractivity contribution >= 4 is 5.91 Å². The Morgan fingerprint density at radius 3 is 2.62 bits per heavy atom. The van der Waals surface area contributed by atoms with Crippen molar-refractivity contribution in [2.45, 2.75) is 12.2 Å². The number of rotatable bonds is 1. The van der Waals surface area contributed by atoms with E-state index < -0.39 is 24.1 Å². The Hall–Kier alpha value is -1.53. The second-order valence-electron chi connectivity index (χ2n) is 3.69. The Balaban J connectivity index is 2.18. The maximum atomic E-state index is 13.2. The molecule has 5 nitrogen and oxygen atoms in total. The van der Waals surface area contributed by atoms with Gasteiger partial charge in [-0.1, -0.05) is 0 Å². The minimum atomic E-state index is -0.969. The molecule has 1 aromatic rings. The second-order valence-corrected chi connectivity index (χ2v) is 3.69. The number of hydrogen-bond acceptors (Lipinski definition) is 4. The molecule has 0 aliphatic carbocycles. The molecule has 0 bridgehead atoms. The molecule has 16 heavy (non-hydrogen) atoms. The predicted octanol–water partition coefficient (Wildman–Crippen LogP) is -0.602. The van der Waals surface area contributed by atoms with Gasteiger partial charge in [0.1, 0.15) is 0 Å². The first-order valence-corrected chi connectivity index (χ1v) is 4.85. The topological polar surface area (TPSA) is 73.7 Å². The number of aliphatic hydroxyl groups is 2. The number of nitrogens with zero attached hydrogens (tertiary/aromatic N) is 2. The monoisotopic (exact) mass is 226 g/mol. The van der Waals surface area contributed by atoms with Crippen LogP contribution in [0.3, 0.4) is 0 Å². The highest BCUT2D eigenvalue weighted by atomic mass is 19.1. The molecule has 0 saturated carbocycles. The molecule has 2 atom stereocenters. The zero-order valence-electron chi connectivity index (χ0n) is 8.38. The summed E-state index contributed by atoms with van der Waals surface area (Å²) >= 11 is 0. The molecular weight excluding hydrogens is 215 g/mol. The lowest BCUT2D eigenvalue weighted by molar-refractivity contribution is 0.0572. The number of amides is 1. The van der Waals surface area contributed by atoms with Gasteiger partial charge in [-0.2, -0.15) is 4.39 Å². The SMILES string of the molecule is O=C(c1cccnc1F)N1C[C@@H](O)[C@@H](O)C1. The van der Waals surface area contributed by atoms with Gasteiger partial charge in [-0.25, -0.2) is 4.98 Å². The van der Waals surface area contributed by atoms with Crippen molar-refractivity contribution in [1.82, 2.24) is 9.88 Å². The summed E-state index contributed by atoms with van der Waals surface area (Å²) in [4.78, 5) is 16.4. The molecule has 86 valence electrons. The molecule has 0 aromatic carbocycles. The maximum Gasteiger partial charge on any atom is 0.258 e. The lowest BCUT2D eigenvalue weighted by atomic mass is 10.2. The van der Waals surface area contributed by atoms with Crippen LogP contribution in [0.2, 0.25) is 0 Å². The highest BCUT2D eigenvalue weighted by Crippen LogP contribution is 2.15. The van der Waals surface area contributed by atoms with Gasteiger partial charge in [-0.3, -0.25) is 4.79 Å². The molecule has 1 aromatic heterocycles. The number of aliphatic hydroxyl groups excluding tert-OH is 2. The molecule has 0 unspecified atom stereocenters. The van der Waals surface area contributed by atoms with Crippen LogP contribution in [-0.4, -0.2) is 51.3 Å². The van der Waals surface area contributed by atoms with E-state index >= 15 is 0 Å². The number of aromatic nitrogens is 1. The quantitative estimate of drug-likeness (QED) is 0.627. The predicted molar refractivity (Wildman–Crippen MR) is 52.1 cm³/mol. The van der Waals surface area contributed by atoms with E-state index in [-0.39, 0.29) is 18.7 Å². The van der Waals surface area contributed by atoms with E-state index in [1.54, 1.807) is 0 Å². The third-order valence-corrected chi connectivity index (χ3v) is 2.54. The zero-order valence-corrected chi connectivity index (χ0v) is 8.38. The molecule has 1 saturated heterocycles. The molecule has 2 N–H and O–H groups in total. The Bertz CT molecular complexity index is 403. The molecule has 2 heterocycles. The van der Waals surface area contributed by atoms with Gasteiger partial charge in [0.05, 0.1) is 17.8 Å². The standard InChI is InChI=1S/C10H11FN2O3/c11-9-6(2-1-3-12-9)10(16)13-4-7(14)8(15)5-13/h1-3,7-8,14-15H,4-5H2/t7-,8+. The summed E-state index contributed by atoms with van der Waals surface area (Å²) in [5.41, 5.74) is -0.149. The number of hydrogen-bond donors (Lipinski definition) is 2. The Morgan fingerprint density at radius 1 is 1.44 bits per heavy atom. The van der Waals surface area contributed by atoms with Crippen molar-refractivity contribution in [3.8, 4) is 0 Å². The van der Waals surface area contributed by atoms with E-state index in [2.05, 4.69) is 4.98 Å². The molecule has 1 amide bonds. The van der Waals surface area contributed by atoms with Crippen LogP contribution in [0, 0.1) is 5.95 Å². The largest absolute Gasteiger partial charge is 0.388 e. The van der Waals surface area contributed by atoms with Gasteiger partial charge in [0, 0.05) is 19.3 Å². The third kappa shape index (κ3) is 1.89. The number of likely N-dealkylation sites (tertiary alicyclic amines) is 1. The average Bonchev–Trinajstić information content (AvgIpc) is 2.59. The van der Waals surface area contributed by atoms with Gasteiger partial charge in [0.2, 0.25) is 5.95 Å². The van der Waals surface area contributed by atoms with Crippen LogP contribution < -0.4 is 0 Å². The molecule has 2 rings (SSSR count). The van der Waals surface area contributed by atoms with Crippen molar-refractivity contribution in [3.05, 3.63) is 29.8 Å². The molecule has 6 heteroatoms. The third-order valence-electron chi connectivity index (χ3n) is 2.54. The van der Waals surface area contributed by atoms with Gasteiger partial charge in [0.15, 0.2) is 0 Å². The van der Waals surface area contributed by atoms with Crippen LogP contribution in [-0.2, 0) is 0 Å². The average molecular weight is 226 g/mol.